The van der Waals surface area contributed by atoms with Crippen LogP contribution in [0.3, 0.4) is 0 Å². The van der Waals surface area contributed by atoms with E-state index in [9.17, 15) is 13.2 Å². The molecule has 0 unspecified atom stereocenters. The second-order valence-electron chi connectivity index (χ2n) is 4.91. The fraction of sp³-hybridized carbons (Fsp3) is 0.462. The van der Waals surface area contributed by atoms with Crippen LogP contribution >= 0.6 is 0 Å². The van der Waals surface area contributed by atoms with Gasteiger partial charge in [0, 0.05) is 19.0 Å². The second-order valence-corrected chi connectivity index (χ2v) is 6.65. The zero-order valence-corrected chi connectivity index (χ0v) is 12.8. The van der Waals surface area contributed by atoms with Crippen LogP contribution in [0.2, 0.25) is 0 Å². The molecule has 7 heteroatoms. The lowest BCUT2D eigenvalue weighted by molar-refractivity contribution is -0.121. The molecule has 1 aromatic carbocycles. The summed E-state index contributed by atoms with van der Waals surface area (Å²) < 4.78 is 26.5. The van der Waals surface area contributed by atoms with Crippen molar-refractivity contribution in [2.24, 2.45) is 0 Å². The normalized spacial score (nSPS) is 11.6. The summed E-state index contributed by atoms with van der Waals surface area (Å²) in [6, 6.07) is 4.77. The molecule has 1 aromatic rings. The van der Waals surface area contributed by atoms with Crippen LogP contribution in [-0.4, -0.2) is 26.9 Å². The van der Waals surface area contributed by atoms with Gasteiger partial charge < -0.3 is 11.1 Å². The molecule has 0 saturated carbocycles. The Morgan fingerprint density at radius 1 is 1.35 bits per heavy atom. The number of sulfonamides is 1. The number of nitrogens with one attached hydrogen (secondary N) is 2. The minimum atomic E-state index is -3.69. The predicted molar refractivity (Wildman–Crippen MR) is 78.7 cm³/mol. The fourth-order valence-electron chi connectivity index (χ4n) is 1.68. The Balaban J connectivity index is 2.64. The van der Waals surface area contributed by atoms with E-state index in [1.807, 2.05) is 20.8 Å². The Bertz CT molecular complexity index is 583. The standard InChI is InChI=1S/C13H21N3O3S/c1-9(2)16-13(17)6-7-15-20(18,19)12-5-4-10(3)8-11(12)14/h4-5,8-9,15H,6-7,14H2,1-3H3,(H,16,17). The number of anilines is 1. The summed E-state index contributed by atoms with van der Waals surface area (Å²) in [5.41, 5.74) is 6.79. The number of nitrogen functional groups attached to an aromatic ring is 1. The summed E-state index contributed by atoms with van der Waals surface area (Å²) in [4.78, 5) is 11.5. The number of hydrogen-bond donors (Lipinski definition) is 3. The highest BCUT2D eigenvalue weighted by Gasteiger charge is 2.17. The summed E-state index contributed by atoms with van der Waals surface area (Å²) in [6.07, 6.45) is 0.0865. The molecule has 4 N–H and O–H groups in total. The molecular weight excluding hydrogens is 278 g/mol. The smallest absolute Gasteiger partial charge is 0.242 e. The topological polar surface area (TPSA) is 101 Å². The Kier molecular flexibility index (Phi) is 5.52. The highest BCUT2D eigenvalue weighted by atomic mass is 32.2. The van der Waals surface area contributed by atoms with Crippen LogP contribution in [0.1, 0.15) is 25.8 Å². The van der Waals surface area contributed by atoms with Crippen LogP contribution < -0.4 is 15.8 Å². The van der Waals surface area contributed by atoms with Crippen molar-refractivity contribution in [2.45, 2.75) is 38.1 Å². The first-order valence-electron chi connectivity index (χ1n) is 6.37. The van der Waals surface area contributed by atoms with Gasteiger partial charge in [0.1, 0.15) is 4.90 Å². The molecule has 0 heterocycles. The zero-order chi connectivity index (χ0) is 15.3. The largest absolute Gasteiger partial charge is 0.398 e. The van der Waals surface area contributed by atoms with Crippen LogP contribution in [-0.2, 0) is 14.8 Å². The van der Waals surface area contributed by atoms with Crippen LogP contribution in [0.25, 0.3) is 0 Å². The molecule has 0 aliphatic carbocycles. The third-order valence-corrected chi connectivity index (χ3v) is 4.08. The Labute approximate surface area is 119 Å². The van der Waals surface area contributed by atoms with E-state index in [0.717, 1.165) is 5.56 Å². The van der Waals surface area contributed by atoms with Gasteiger partial charge in [-0.05, 0) is 38.5 Å². The molecule has 0 fully saturated rings. The van der Waals surface area contributed by atoms with Gasteiger partial charge in [-0.25, -0.2) is 13.1 Å². The van der Waals surface area contributed by atoms with Crippen molar-refractivity contribution in [2.75, 3.05) is 12.3 Å². The molecule has 0 spiro atoms. The number of aryl methyl sites for hydroxylation is 1. The monoisotopic (exact) mass is 299 g/mol. The van der Waals surface area contributed by atoms with E-state index in [1.165, 1.54) is 6.07 Å². The summed E-state index contributed by atoms with van der Waals surface area (Å²) >= 11 is 0. The lowest BCUT2D eigenvalue weighted by atomic mass is 10.2. The summed E-state index contributed by atoms with van der Waals surface area (Å²) in [6.45, 7) is 5.55. The zero-order valence-electron chi connectivity index (χ0n) is 11.9. The van der Waals surface area contributed by atoms with Crippen molar-refractivity contribution in [3.8, 4) is 0 Å². The summed E-state index contributed by atoms with van der Waals surface area (Å²) in [7, 11) is -3.69. The van der Waals surface area contributed by atoms with Gasteiger partial charge in [-0.2, -0.15) is 0 Å². The van der Waals surface area contributed by atoms with Gasteiger partial charge in [0.15, 0.2) is 0 Å². The van der Waals surface area contributed by atoms with Gasteiger partial charge in [-0.3, -0.25) is 4.79 Å². The molecular formula is C13H21N3O3S. The van der Waals surface area contributed by atoms with Gasteiger partial charge in [-0.15, -0.1) is 0 Å². The number of carbonyl (C=O) groups excluding carboxylic acids is 1. The number of nitrogens with two attached hydrogens (primary N) is 1. The van der Waals surface area contributed by atoms with Gasteiger partial charge in [0.25, 0.3) is 0 Å². The number of amides is 1. The first-order chi connectivity index (χ1) is 9.22. The van der Waals surface area contributed by atoms with Gasteiger partial charge >= 0.3 is 0 Å². The molecule has 1 amide bonds. The van der Waals surface area contributed by atoms with Crippen molar-refractivity contribution < 1.29 is 13.2 Å². The average molecular weight is 299 g/mol. The van der Waals surface area contributed by atoms with Crippen molar-refractivity contribution in [1.29, 1.82) is 0 Å². The summed E-state index contributed by atoms with van der Waals surface area (Å²) in [5, 5.41) is 2.69. The number of rotatable bonds is 6. The molecule has 0 saturated heterocycles. The Hall–Kier alpha value is -1.60. The fourth-order valence-corrected chi connectivity index (χ4v) is 2.83. The van der Waals surface area contributed by atoms with Crippen LogP contribution in [0.4, 0.5) is 5.69 Å². The van der Waals surface area contributed by atoms with E-state index >= 15 is 0 Å². The predicted octanol–water partition coefficient (Wildman–Crippen LogP) is 0.770. The summed E-state index contributed by atoms with van der Waals surface area (Å²) in [5.74, 6) is -0.195. The third kappa shape index (κ3) is 4.82. The van der Waals surface area contributed by atoms with E-state index in [4.69, 9.17) is 5.73 Å². The van der Waals surface area contributed by atoms with Gasteiger partial charge in [0.05, 0.1) is 5.69 Å². The van der Waals surface area contributed by atoms with Crippen molar-refractivity contribution in [1.82, 2.24) is 10.0 Å². The minimum Gasteiger partial charge on any atom is -0.398 e. The lowest BCUT2D eigenvalue weighted by Crippen LogP contribution is -2.34. The van der Waals surface area contributed by atoms with Crippen LogP contribution in [0, 0.1) is 6.92 Å². The van der Waals surface area contributed by atoms with Gasteiger partial charge in [0.2, 0.25) is 15.9 Å². The number of hydrogen-bond acceptors (Lipinski definition) is 4. The van der Waals surface area contributed by atoms with E-state index in [-0.39, 0.29) is 35.5 Å². The molecule has 6 nitrogen and oxygen atoms in total. The van der Waals surface area contributed by atoms with E-state index in [1.54, 1.807) is 12.1 Å². The molecule has 0 aromatic heterocycles. The number of benzene rings is 1. The number of carbonyl (C=O) groups is 1. The molecule has 0 aliphatic heterocycles. The maximum Gasteiger partial charge on any atom is 0.242 e. The highest BCUT2D eigenvalue weighted by molar-refractivity contribution is 7.89. The molecule has 1 rings (SSSR count). The van der Waals surface area contributed by atoms with Crippen molar-refractivity contribution in [3.63, 3.8) is 0 Å². The molecule has 0 bridgehead atoms. The first-order valence-corrected chi connectivity index (χ1v) is 7.86. The second kappa shape index (κ2) is 6.71. The first kappa shape index (κ1) is 16.5. The highest BCUT2D eigenvalue weighted by Crippen LogP contribution is 2.19. The molecule has 0 atom stereocenters. The third-order valence-electron chi connectivity index (χ3n) is 2.55. The molecule has 0 radical (unpaired) electrons. The SMILES string of the molecule is Cc1ccc(S(=O)(=O)NCCC(=O)NC(C)C)c(N)c1. The molecule has 112 valence electrons. The van der Waals surface area contributed by atoms with E-state index in [0.29, 0.717) is 0 Å². The quantitative estimate of drug-likeness (QED) is 0.675. The molecule has 0 aliphatic rings. The van der Waals surface area contributed by atoms with Crippen molar-refractivity contribution >= 4 is 21.6 Å². The lowest BCUT2D eigenvalue weighted by Gasteiger charge is -2.11. The van der Waals surface area contributed by atoms with Crippen LogP contribution in [0.5, 0.6) is 0 Å². The maximum absolute atomic E-state index is 12.0. The Morgan fingerprint density at radius 2 is 2.00 bits per heavy atom. The Morgan fingerprint density at radius 3 is 2.55 bits per heavy atom. The van der Waals surface area contributed by atoms with E-state index in [2.05, 4.69) is 10.0 Å². The van der Waals surface area contributed by atoms with E-state index < -0.39 is 10.0 Å². The molecule has 20 heavy (non-hydrogen) atoms. The van der Waals surface area contributed by atoms with Gasteiger partial charge in [-0.1, -0.05) is 6.07 Å². The van der Waals surface area contributed by atoms with Crippen molar-refractivity contribution in [3.05, 3.63) is 23.8 Å². The minimum absolute atomic E-state index is 0.0341. The maximum atomic E-state index is 12.0. The van der Waals surface area contributed by atoms with Crippen LogP contribution in [0.15, 0.2) is 23.1 Å². The average Bonchev–Trinajstić information content (AvgIpc) is 2.26.